The van der Waals surface area contributed by atoms with Gasteiger partial charge in [-0.15, -0.1) is 0 Å². The second kappa shape index (κ2) is 5.31. The summed E-state index contributed by atoms with van der Waals surface area (Å²) in [6.45, 7) is 9.28. The molecular formula is C14H20N4. The van der Waals surface area contributed by atoms with Gasteiger partial charge in [-0.05, 0) is 26.0 Å². The highest BCUT2D eigenvalue weighted by Crippen LogP contribution is 2.16. The average molecular weight is 244 g/mol. The number of pyridine rings is 1. The maximum absolute atomic E-state index is 4.57. The molecule has 4 heteroatoms. The number of rotatable bonds is 4. The molecule has 2 aromatic heterocycles. The van der Waals surface area contributed by atoms with Gasteiger partial charge in [0.15, 0.2) is 5.82 Å². The van der Waals surface area contributed by atoms with E-state index in [9.17, 15) is 0 Å². The lowest BCUT2D eigenvalue weighted by Gasteiger charge is -2.08. The predicted octanol–water partition coefficient (Wildman–Crippen LogP) is 2.38. The molecule has 0 aliphatic rings. The van der Waals surface area contributed by atoms with Crippen molar-refractivity contribution in [2.75, 3.05) is 0 Å². The Kier molecular flexibility index (Phi) is 3.77. The van der Waals surface area contributed by atoms with Gasteiger partial charge in [-0.2, -0.15) is 5.10 Å². The number of nitrogens with one attached hydrogen (secondary N) is 1. The van der Waals surface area contributed by atoms with Crippen molar-refractivity contribution < 1.29 is 0 Å². The fourth-order valence-electron chi connectivity index (χ4n) is 1.94. The van der Waals surface area contributed by atoms with Gasteiger partial charge in [0, 0.05) is 30.0 Å². The molecule has 0 bridgehead atoms. The van der Waals surface area contributed by atoms with Gasteiger partial charge >= 0.3 is 0 Å². The molecule has 0 aliphatic heterocycles. The van der Waals surface area contributed by atoms with Crippen molar-refractivity contribution in [1.82, 2.24) is 20.1 Å². The fraction of sp³-hybridized carbons (Fsp3) is 0.429. The number of aromatic nitrogens is 3. The molecule has 0 aromatic carbocycles. The highest BCUT2D eigenvalue weighted by molar-refractivity contribution is 5.32. The van der Waals surface area contributed by atoms with Crippen LogP contribution < -0.4 is 5.32 Å². The predicted molar refractivity (Wildman–Crippen MR) is 72.8 cm³/mol. The van der Waals surface area contributed by atoms with Crippen LogP contribution in [0.25, 0.3) is 5.82 Å². The molecule has 1 N–H and O–H groups in total. The number of nitrogens with zero attached hydrogens (tertiary/aromatic N) is 3. The van der Waals surface area contributed by atoms with Gasteiger partial charge in [0.2, 0.25) is 0 Å². The van der Waals surface area contributed by atoms with Crippen LogP contribution in [0.5, 0.6) is 0 Å². The quantitative estimate of drug-likeness (QED) is 0.898. The second-order valence-electron chi connectivity index (χ2n) is 4.78. The minimum atomic E-state index is 0.474. The van der Waals surface area contributed by atoms with Crippen LogP contribution in [-0.4, -0.2) is 20.8 Å². The first-order valence-corrected chi connectivity index (χ1v) is 6.29. The molecule has 0 amide bonds. The lowest BCUT2D eigenvalue weighted by Crippen LogP contribution is -2.22. The molecule has 4 nitrogen and oxygen atoms in total. The minimum Gasteiger partial charge on any atom is -0.310 e. The summed E-state index contributed by atoms with van der Waals surface area (Å²) in [5.41, 5.74) is 3.47. The summed E-state index contributed by atoms with van der Waals surface area (Å²) in [5.74, 6) is 0.869. The van der Waals surface area contributed by atoms with Crippen LogP contribution in [0.4, 0.5) is 0 Å². The van der Waals surface area contributed by atoms with Crippen molar-refractivity contribution in [2.45, 2.75) is 40.3 Å². The molecule has 96 valence electrons. The van der Waals surface area contributed by atoms with E-state index >= 15 is 0 Å². The lowest BCUT2D eigenvalue weighted by molar-refractivity contribution is 0.586. The number of aryl methyl sites for hydroxylation is 1. The van der Waals surface area contributed by atoms with Crippen LogP contribution in [0.1, 0.15) is 30.8 Å². The Balaban J connectivity index is 2.32. The topological polar surface area (TPSA) is 42.7 Å². The zero-order valence-electron chi connectivity index (χ0n) is 11.4. The van der Waals surface area contributed by atoms with E-state index in [0.717, 1.165) is 23.8 Å². The summed E-state index contributed by atoms with van der Waals surface area (Å²) in [5, 5.41) is 8.01. The van der Waals surface area contributed by atoms with Crippen molar-refractivity contribution >= 4 is 0 Å². The molecule has 0 radical (unpaired) electrons. The van der Waals surface area contributed by atoms with Crippen molar-refractivity contribution in [2.24, 2.45) is 0 Å². The molecule has 0 spiro atoms. The number of hydrogen-bond donors (Lipinski definition) is 1. The van der Waals surface area contributed by atoms with Crippen LogP contribution in [-0.2, 0) is 6.54 Å². The molecule has 0 fully saturated rings. The van der Waals surface area contributed by atoms with Crippen molar-refractivity contribution in [1.29, 1.82) is 0 Å². The SMILES string of the molecule is Cc1nn(-c2ccccn2)c(C)c1CNC(C)C. The summed E-state index contributed by atoms with van der Waals surface area (Å²) in [6.07, 6.45) is 1.79. The van der Waals surface area contributed by atoms with Crippen LogP contribution >= 0.6 is 0 Å². The summed E-state index contributed by atoms with van der Waals surface area (Å²) >= 11 is 0. The van der Waals surface area contributed by atoms with E-state index in [-0.39, 0.29) is 0 Å². The Labute approximate surface area is 108 Å². The summed E-state index contributed by atoms with van der Waals surface area (Å²) in [4.78, 5) is 4.34. The van der Waals surface area contributed by atoms with E-state index in [4.69, 9.17) is 0 Å². The zero-order valence-corrected chi connectivity index (χ0v) is 11.4. The molecule has 0 unspecified atom stereocenters. The van der Waals surface area contributed by atoms with E-state index in [2.05, 4.69) is 36.2 Å². The normalized spacial score (nSPS) is 11.2. The van der Waals surface area contributed by atoms with Gasteiger partial charge in [-0.1, -0.05) is 19.9 Å². The second-order valence-corrected chi connectivity index (χ2v) is 4.78. The molecule has 0 saturated heterocycles. The molecule has 0 atom stereocenters. The average Bonchev–Trinajstić information content (AvgIpc) is 2.63. The molecule has 2 heterocycles. The Morgan fingerprint density at radius 2 is 2.06 bits per heavy atom. The van der Waals surface area contributed by atoms with Gasteiger partial charge in [0.05, 0.1) is 5.69 Å². The zero-order chi connectivity index (χ0) is 13.1. The molecule has 2 aromatic rings. The maximum Gasteiger partial charge on any atom is 0.153 e. The van der Waals surface area contributed by atoms with Crippen molar-refractivity contribution in [3.8, 4) is 5.82 Å². The van der Waals surface area contributed by atoms with Crippen LogP contribution in [0, 0.1) is 13.8 Å². The fourth-order valence-corrected chi connectivity index (χ4v) is 1.94. The van der Waals surface area contributed by atoms with Gasteiger partial charge in [0.25, 0.3) is 0 Å². The molecule has 0 saturated carbocycles. The maximum atomic E-state index is 4.57. The van der Waals surface area contributed by atoms with Gasteiger partial charge in [0.1, 0.15) is 0 Å². The Morgan fingerprint density at radius 3 is 2.67 bits per heavy atom. The van der Waals surface area contributed by atoms with E-state index in [1.165, 1.54) is 5.56 Å². The first-order chi connectivity index (χ1) is 8.59. The van der Waals surface area contributed by atoms with Crippen molar-refractivity contribution in [3.05, 3.63) is 41.3 Å². The highest BCUT2D eigenvalue weighted by Gasteiger charge is 2.13. The lowest BCUT2D eigenvalue weighted by atomic mass is 10.2. The molecule has 0 aliphatic carbocycles. The summed E-state index contributed by atoms with van der Waals surface area (Å²) in [6, 6.07) is 6.34. The third kappa shape index (κ3) is 2.59. The monoisotopic (exact) mass is 244 g/mol. The largest absolute Gasteiger partial charge is 0.310 e. The molecule has 2 rings (SSSR count). The third-order valence-electron chi connectivity index (χ3n) is 2.99. The van der Waals surface area contributed by atoms with E-state index < -0.39 is 0 Å². The van der Waals surface area contributed by atoms with E-state index in [0.29, 0.717) is 6.04 Å². The van der Waals surface area contributed by atoms with Gasteiger partial charge in [-0.25, -0.2) is 9.67 Å². The first kappa shape index (κ1) is 12.8. The van der Waals surface area contributed by atoms with Crippen molar-refractivity contribution in [3.63, 3.8) is 0 Å². The Morgan fingerprint density at radius 1 is 1.28 bits per heavy atom. The van der Waals surface area contributed by atoms with Crippen LogP contribution in [0.15, 0.2) is 24.4 Å². The summed E-state index contributed by atoms with van der Waals surface area (Å²) in [7, 11) is 0. The van der Waals surface area contributed by atoms with E-state index in [1.54, 1.807) is 6.20 Å². The Hall–Kier alpha value is -1.68. The Bertz CT molecular complexity index is 514. The number of hydrogen-bond acceptors (Lipinski definition) is 3. The minimum absolute atomic E-state index is 0.474. The highest BCUT2D eigenvalue weighted by atomic mass is 15.3. The van der Waals surface area contributed by atoms with Gasteiger partial charge in [-0.3, -0.25) is 0 Å². The van der Waals surface area contributed by atoms with Crippen LogP contribution in [0.3, 0.4) is 0 Å². The third-order valence-corrected chi connectivity index (χ3v) is 2.99. The van der Waals surface area contributed by atoms with Gasteiger partial charge < -0.3 is 5.32 Å². The smallest absolute Gasteiger partial charge is 0.153 e. The molecular weight excluding hydrogens is 224 g/mol. The molecule has 18 heavy (non-hydrogen) atoms. The summed E-state index contributed by atoms with van der Waals surface area (Å²) < 4.78 is 1.91. The van der Waals surface area contributed by atoms with E-state index in [1.807, 2.05) is 29.8 Å². The standard InChI is InChI=1S/C14H20N4/c1-10(2)16-9-13-11(3)17-18(12(13)4)14-7-5-6-8-15-14/h5-8,10,16H,9H2,1-4H3. The first-order valence-electron chi connectivity index (χ1n) is 6.29. The van der Waals surface area contributed by atoms with Crippen LogP contribution in [0.2, 0.25) is 0 Å².